The molecule has 1 amide bonds. The molecule has 0 saturated carbocycles. The number of likely N-dealkylation sites (N-methyl/N-ethyl adjacent to an activating group) is 1. The maximum atomic E-state index is 12.8. The van der Waals surface area contributed by atoms with Gasteiger partial charge in [-0.3, -0.25) is 14.5 Å². The maximum absolute atomic E-state index is 12.8. The highest BCUT2D eigenvalue weighted by molar-refractivity contribution is 7.99. The molecular formula is C24H26N4O3S2. The van der Waals surface area contributed by atoms with Crippen LogP contribution in [0.4, 0.5) is 0 Å². The molecule has 3 heterocycles. The number of aromatic nitrogens is 2. The van der Waals surface area contributed by atoms with Crippen molar-refractivity contribution in [2.45, 2.75) is 24.0 Å². The van der Waals surface area contributed by atoms with Gasteiger partial charge in [0.25, 0.3) is 5.56 Å². The highest BCUT2D eigenvalue weighted by Gasteiger charge is 2.21. The number of carbonyl (C=O) groups is 1. The van der Waals surface area contributed by atoms with Crippen molar-refractivity contribution in [3.63, 3.8) is 0 Å². The standard InChI is InChI=1S/C24H26N4O3S2/c1-15(22(29)25-12-18(28(2)3)19-10-7-11-31-19)32-14-20-26-23(30)21-17(13-33-24(21)27-20)16-8-5-4-6-9-16/h4-11,13,15,18H,12,14H2,1-3H3,(H,25,29)(H,26,27,30)/t15-,18+/m1/s1. The zero-order valence-electron chi connectivity index (χ0n) is 18.7. The lowest BCUT2D eigenvalue weighted by Crippen LogP contribution is -2.38. The average Bonchev–Trinajstić information content (AvgIpc) is 3.48. The molecule has 0 aliphatic carbocycles. The second-order valence-corrected chi connectivity index (χ2v) is 10.1. The van der Waals surface area contributed by atoms with Crippen LogP contribution in [0.5, 0.6) is 0 Å². The van der Waals surface area contributed by atoms with Crippen LogP contribution in [0.3, 0.4) is 0 Å². The molecule has 0 saturated heterocycles. The van der Waals surface area contributed by atoms with Gasteiger partial charge in [-0.15, -0.1) is 23.1 Å². The Morgan fingerprint density at radius 1 is 1.24 bits per heavy atom. The van der Waals surface area contributed by atoms with E-state index >= 15 is 0 Å². The van der Waals surface area contributed by atoms with E-state index in [1.54, 1.807) is 6.26 Å². The first-order valence-corrected chi connectivity index (χ1v) is 12.5. The van der Waals surface area contributed by atoms with E-state index in [4.69, 9.17) is 4.42 Å². The third-order valence-electron chi connectivity index (χ3n) is 5.38. The van der Waals surface area contributed by atoms with Gasteiger partial charge in [-0.25, -0.2) is 4.98 Å². The van der Waals surface area contributed by atoms with Crippen molar-refractivity contribution in [3.8, 4) is 11.1 Å². The molecule has 3 aromatic heterocycles. The van der Waals surface area contributed by atoms with E-state index < -0.39 is 0 Å². The van der Waals surface area contributed by atoms with Crippen molar-refractivity contribution in [2.24, 2.45) is 0 Å². The van der Waals surface area contributed by atoms with Gasteiger partial charge in [0.1, 0.15) is 16.4 Å². The van der Waals surface area contributed by atoms with Gasteiger partial charge in [0.15, 0.2) is 0 Å². The quantitative estimate of drug-likeness (QED) is 0.370. The minimum Gasteiger partial charge on any atom is -0.468 e. The number of nitrogens with one attached hydrogen (secondary N) is 2. The molecule has 2 atom stereocenters. The SMILES string of the molecule is C[C@@H](SCc1nc2scc(-c3ccccc3)c2c(=O)[nH]1)C(=O)NC[C@@H](c1ccco1)N(C)C. The van der Waals surface area contributed by atoms with Crippen molar-refractivity contribution in [2.75, 3.05) is 20.6 Å². The largest absolute Gasteiger partial charge is 0.468 e. The topological polar surface area (TPSA) is 91.2 Å². The number of aromatic amines is 1. The van der Waals surface area contributed by atoms with E-state index in [9.17, 15) is 9.59 Å². The number of benzene rings is 1. The molecule has 0 aliphatic rings. The predicted octanol–water partition coefficient (Wildman–Crippen LogP) is 4.29. The fraction of sp³-hybridized carbons (Fsp3) is 0.292. The van der Waals surface area contributed by atoms with E-state index in [0.29, 0.717) is 28.3 Å². The molecule has 4 rings (SSSR count). The molecule has 0 aliphatic heterocycles. The van der Waals surface area contributed by atoms with Crippen LogP contribution >= 0.6 is 23.1 Å². The molecule has 9 heteroatoms. The molecule has 0 radical (unpaired) electrons. The predicted molar refractivity (Wildman–Crippen MR) is 135 cm³/mol. The number of carbonyl (C=O) groups excluding carboxylic acids is 1. The van der Waals surface area contributed by atoms with Crippen molar-refractivity contribution in [3.05, 3.63) is 76.0 Å². The minimum atomic E-state index is -0.298. The van der Waals surface area contributed by atoms with Gasteiger partial charge >= 0.3 is 0 Å². The van der Waals surface area contributed by atoms with Gasteiger partial charge in [-0.2, -0.15) is 0 Å². The molecule has 0 spiro atoms. The molecule has 0 unspecified atom stereocenters. The monoisotopic (exact) mass is 482 g/mol. The van der Waals surface area contributed by atoms with Gasteiger partial charge in [0, 0.05) is 17.5 Å². The summed E-state index contributed by atoms with van der Waals surface area (Å²) in [6.07, 6.45) is 1.63. The van der Waals surface area contributed by atoms with Gasteiger partial charge in [-0.05, 0) is 38.7 Å². The van der Waals surface area contributed by atoms with Crippen molar-refractivity contribution in [1.82, 2.24) is 20.2 Å². The molecule has 0 bridgehead atoms. The fourth-order valence-corrected chi connectivity index (χ4v) is 5.28. The first-order valence-electron chi connectivity index (χ1n) is 10.6. The second-order valence-electron chi connectivity index (χ2n) is 7.90. The van der Waals surface area contributed by atoms with Crippen LogP contribution in [0, 0.1) is 0 Å². The molecule has 2 N–H and O–H groups in total. The second kappa shape index (κ2) is 10.4. The van der Waals surface area contributed by atoms with E-state index in [-0.39, 0.29) is 22.8 Å². The van der Waals surface area contributed by atoms with Crippen LogP contribution < -0.4 is 10.9 Å². The zero-order valence-corrected chi connectivity index (χ0v) is 20.3. The Hall–Kier alpha value is -2.88. The number of nitrogens with zero attached hydrogens (tertiary/aromatic N) is 2. The van der Waals surface area contributed by atoms with E-state index in [2.05, 4.69) is 15.3 Å². The fourth-order valence-electron chi connectivity index (χ4n) is 3.53. The van der Waals surface area contributed by atoms with Gasteiger partial charge in [-0.1, -0.05) is 30.3 Å². The third kappa shape index (κ3) is 5.38. The molecular weight excluding hydrogens is 456 g/mol. The molecule has 7 nitrogen and oxygen atoms in total. The summed E-state index contributed by atoms with van der Waals surface area (Å²) < 4.78 is 5.49. The van der Waals surface area contributed by atoms with Crippen LogP contribution in [0.25, 0.3) is 21.3 Å². The van der Waals surface area contributed by atoms with Crippen LogP contribution in [0.1, 0.15) is 24.6 Å². The molecule has 1 aromatic carbocycles. The Balaban J connectivity index is 1.39. The summed E-state index contributed by atoms with van der Waals surface area (Å²) in [6.45, 7) is 2.30. The van der Waals surface area contributed by atoms with Crippen LogP contribution in [0.2, 0.25) is 0 Å². The highest BCUT2D eigenvalue weighted by Crippen LogP contribution is 2.30. The lowest BCUT2D eigenvalue weighted by molar-refractivity contribution is -0.120. The summed E-state index contributed by atoms with van der Waals surface area (Å²) in [5, 5.41) is 5.28. The molecule has 172 valence electrons. The summed E-state index contributed by atoms with van der Waals surface area (Å²) in [4.78, 5) is 35.7. The molecule has 33 heavy (non-hydrogen) atoms. The first-order chi connectivity index (χ1) is 15.9. The summed E-state index contributed by atoms with van der Waals surface area (Å²) in [5.74, 6) is 1.75. The van der Waals surface area contributed by atoms with Crippen molar-refractivity contribution >= 4 is 39.2 Å². The number of rotatable bonds is 9. The summed E-state index contributed by atoms with van der Waals surface area (Å²) in [5.41, 5.74) is 1.73. The molecule has 4 aromatic rings. The Labute approximate surface area is 200 Å². The molecule has 0 fully saturated rings. The third-order valence-corrected chi connectivity index (χ3v) is 7.41. The zero-order chi connectivity index (χ0) is 23.4. The smallest absolute Gasteiger partial charge is 0.260 e. The number of furan rings is 1. The van der Waals surface area contributed by atoms with Gasteiger partial charge in [0.05, 0.1) is 28.7 Å². The van der Waals surface area contributed by atoms with E-state index in [0.717, 1.165) is 16.9 Å². The summed E-state index contributed by atoms with van der Waals surface area (Å²) >= 11 is 2.90. The minimum absolute atomic E-state index is 0.0424. The van der Waals surface area contributed by atoms with Crippen molar-refractivity contribution in [1.29, 1.82) is 0 Å². The number of fused-ring (bicyclic) bond motifs is 1. The normalized spacial score (nSPS) is 13.3. The van der Waals surface area contributed by atoms with Crippen molar-refractivity contribution < 1.29 is 9.21 Å². The summed E-state index contributed by atoms with van der Waals surface area (Å²) in [6, 6.07) is 13.5. The summed E-state index contributed by atoms with van der Waals surface area (Å²) in [7, 11) is 3.90. The number of thioether (sulfide) groups is 1. The number of amides is 1. The highest BCUT2D eigenvalue weighted by atomic mass is 32.2. The van der Waals surface area contributed by atoms with E-state index in [1.165, 1.54) is 23.1 Å². The van der Waals surface area contributed by atoms with Gasteiger partial charge in [0.2, 0.25) is 5.91 Å². The number of hydrogen-bond donors (Lipinski definition) is 2. The average molecular weight is 483 g/mol. The number of H-pyrrole nitrogens is 1. The Morgan fingerprint density at radius 2 is 2.03 bits per heavy atom. The van der Waals surface area contributed by atoms with Crippen LogP contribution in [-0.4, -0.2) is 46.7 Å². The number of hydrogen-bond acceptors (Lipinski definition) is 7. The Kier molecular flexibility index (Phi) is 7.32. The number of thiophene rings is 1. The lowest BCUT2D eigenvalue weighted by Gasteiger charge is -2.23. The van der Waals surface area contributed by atoms with E-state index in [1.807, 2.05) is 73.8 Å². The van der Waals surface area contributed by atoms with Crippen LogP contribution in [0.15, 0.2) is 63.3 Å². The lowest BCUT2D eigenvalue weighted by atomic mass is 10.1. The maximum Gasteiger partial charge on any atom is 0.260 e. The van der Waals surface area contributed by atoms with Gasteiger partial charge < -0.3 is 14.7 Å². The van der Waals surface area contributed by atoms with Crippen LogP contribution in [-0.2, 0) is 10.5 Å². The Morgan fingerprint density at radius 3 is 2.73 bits per heavy atom. The first kappa shape index (κ1) is 23.3. The Bertz CT molecular complexity index is 1270.